The Bertz CT molecular complexity index is 599. The van der Waals surface area contributed by atoms with Gasteiger partial charge in [-0.2, -0.15) is 0 Å². The number of ether oxygens (including phenoxy) is 1. The van der Waals surface area contributed by atoms with Gasteiger partial charge in [0.1, 0.15) is 5.75 Å². The first kappa shape index (κ1) is 15.5. The minimum Gasteiger partial charge on any atom is -0.484 e. The monoisotopic (exact) mass is 349 g/mol. The maximum absolute atomic E-state index is 11.8. The molecule has 0 atom stereocenters. The number of nitrogens with one attached hydrogen (secondary N) is 1. The average Bonchev–Trinajstić information content (AvgIpc) is 2.47. The molecule has 0 aliphatic heterocycles. The molecule has 2 N–H and O–H groups in total. The van der Waals surface area contributed by atoms with E-state index in [2.05, 4.69) is 21.2 Å². The molecule has 5 heteroatoms. The van der Waals surface area contributed by atoms with Crippen LogP contribution in [0.25, 0.3) is 0 Å². The number of rotatable bonds is 6. The molecule has 0 spiro atoms. The van der Waals surface area contributed by atoms with Gasteiger partial charge in [-0.3, -0.25) is 4.79 Å². The molecule has 0 fully saturated rings. The molecular weight excluding hydrogens is 334 g/mol. The van der Waals surface area contributed by atoms with Crippen molar-refractivity contribution < 1.29 is 14.6 Å². The fraction of sp³-hybridized carbons (Fsp3) is 0.188. The minimum absolute atomic E-state index is 0.0497. The summed E-state index contributed by atoms with van der Waals surface area (Å²) in [5.41, 5.74) is 1.75. The van der Waals surface area contributed by atoms with Crippen molar-refractivity contribution in [3.05, 3.63) is 58.6 Å². The Morgan fingerprint density at radius 2 is 1.95 bits per heavy atom. The van der Waals surface area contributed by atoms with Crippen LogP contribution >= 0.6 is 15.9 Å². The number of aliphatic hydroxyl groups excluding tert-OH is 1. The molecule has 110 valence electrons. The van der Waals surface area contributed by atoms with Crippen LogP contribution < -0.4 is 10.1 Å². The van der Waals surface area contributed by atoms with Crippen LogP contribution in [0.3, 0.4) is 0 Å². The number of carbonyl (C=O) groups is 1. The van der Waals surface area contributed by atoms with Crippen LogP contribution in [0.4, 0.5) is 5.69 Å². The van der Waals surface area contributed by atoms with Gasteiger partial charge in [0.15, 0.2) is 6.61 Å². The summed E-state index contributed by atoms with van der Waals surface area (Å²) in [6.07, 6.45) is 0.615. The van der Waals surface area contributed by atoms with Crippen molar-refractivity contribution in [1.82, 2.24) is 0 Å². The van der Waals surface area contributed by atoms with Crippen molar-refractivity contribution in [1.29, 1.82) is 0 Å². The Hall–Kier alpha value is -1.85. The second kappa shape index (κ2) is 7.81. The Morgan fingerprint density at radius 1 is 1.19 bits per heavy atom. The predicted octanol–water partition coefficient (Wildman–Crippen LogP) is 3.00. The highest BCUT2D eigenvalue weighted by Crippen LogP contribution is 2.16. The van der Waals surface area contributed by atoms with Gasteiger partial charge in [-0.1, -0.05) is 34.1 Å². The van der Waals surface area contributed by atoms with Crippen LogP contribution in [0.5, 0.6) is 5.75 Å². The molecule has 0 bridgehead atoms. The van der Waals surface area contributed by atoms with Crippen molar-refractivity contribution in [3.63, 3.8) is 0 Å². The topological polar surface area (TPSA) is 58.6 Å². The third kappa shape index (κ3) is 5.21. The first-order chi connectivity index (χ1) is 10.2. The molecule has 2 aromatic rings. The van der Waals surface area contributed by atoms with Crippen molar-refractivity contribution in [3.8, 4) is 5.75 Å². The summed E-state index contributed by atoms with van der Waals surface area (Å²) in [5.74, 6) is 0.411. The van der Waals surface area contributed by atoms with Crippen LogP contribution in [0.1, 0.15) is 5.56 Å². The lowest BCUT2D eigenvalue weighted by atomic mass is 10.1. The molecule has 0 aromatic heterocycles. The highest BCUT2D eigenvalue weighted by Gasteiger charge is 2.04. The molecule has 0 aliphatic carbocycles. The summed E-state index contributed by atoms with van der Waals surface area (Å²) in [5, 5.41) is 11.6. The molecule has 2 rings (SSSR count). The third-order valence-electron chi connectivity index (χ3n) is 2.80. The molecule has 0 aliphatic rings. The van der Waals surface area contributed by atoms with Crippen LogP contribution in [0.15, 0.2) is 53.0 Å². The molecule has 0 saturated carbocycles. The second-order valence-corrected chi connectivity index (χ2v) is 5.38. The molecule has 0 saturated heterocycles. The zero-order chi connectivity index (χ0) is 15.1. The summed E-state index contributed by atoms with van der Waals surface area (Å²) in [4.78, 5) is 11.8. The smallest absolute Gasteiger partial charge is 0.262 e. The quantitative estimate of drug-likeness (QED) is 0.842. The van der Waals surface area contributed by atoms with Crippen molar-refractivity contribution in [2.24, 2.45) is 0 Å². The highest BCUT2D eigenvalue weighted by molar-refractivity contribution is 9.10. The van der Waals surface area contributed by atoms with Gasteiger partial charge in [-0.15, -0.1) is 0 Å². The molecule has 4 nitrogen and oxygen atoms in total. The number of benzene rings is 2. The maximum atomic E-state index is 11.8. The summed E-state index contributed by atoms with van der Waals surface area (Å²) in [6, 6.07) is 14.7. The fourth-order valence-corrected chi connectivity index (χ4v) is 2.19. The number of amides is 1. The van der Waals surface area contributed by atoms with Gasteiger partial charge in [0.25, 0.3) is 5.91 Å². The zero-order valence-corrected chi connectivity index (χ0v) is 13.0. The van der Waals surface area contributed by atoms with Gasteiger partial charge in [-0.05, 0) is 42.3 Å². The van der Waals surface area contributed by atoms with Crippen LogP contribution in [-0.4, -0.2) is 24.2 Å². The lowest BCUT2D eigenvalue weighted by Crippen LogP contribution is -2.20. The first-order valence-corrected chi connectivity index (χ1v) is 7.34. The lowest BCUT2D eigenvalue weighted by Gasteiger charge is -2.08. The Labute approximate surface area is 131 Å². The predicted molar refractivity (Wildman–Crippen MR) is 85.5 cm³/mol. The van der Waals surface area contributed by atoms with E-state index in [0.29, 0.717) is 12.2 Å². The van der Waals surface area contributed by atoms with E-state index < -0.39 is 0 Å². The van der Waals surface area contributed by atoms with E-state index in [1.807, 2.05) is 36.4 Å². The second-order valence-electron chi connectivity index (χ2n) is 4.46. The Kier molecular flexibility index (Phi) is 5.78. The van der Waals surface area contributed by atoms with Crippen LogP contribution in [0.2, 0.25) is 0 Å². The summed E-state index contributed by atoms with van der Waals surface area (Å²) < 4.78 is 6.32. The van der Waals surface area contributed by atoms with E-state index in [0.717, 1.165) is 15.7 Å². The Morgan fingerprint density at radius 3 is 2.62 bits per heavy atom. The van der Waals surface area contributed by atoms with Gasteiger partial charge in [0.2, 0.25) is 0 Å². The van der Waals surface area contributed by atoms with E-state index in [1.54, 1.807) is 12.1 Å². The number of halogens is 1. The van der Waals surface area contributed by atoms with E-state index in [-0.39, 0.29) is 19.1 Å². The minimum atomic E-state index is -0.215. The average molecular weight is 350 g/mol. The SMILES string of the molecule is O=C(COc1ccc(CCO)cc1)Nc1cccc(Br)c1. The number of aliphatic hydroxyl groups is 1. The summed E-state index contributed by atoms with van der Waals surface area (Å²) in [7, 11) is 0. The molecule has 1 amide bonds. The normalized spacial score (nSPS) is 10.2. The number of hydrogen-bond donors (Lipinski definition) is 2. The lowest BCUT2D eigenvalue weighted by molar-refractivity contribution is -0.118. The highest BCUT2D eigenvalue weighted by atomic mass is 79.9. The first-order valence-electron chi connectivity index (χ1n) is 6.55. The van der Waals surface area contributed by atoms with Crippen LogP contribution in [0, 0.1) is 0 Å². The van der Waals surface area contributed by atoms with Crippen molar-refractivity contribution >= 4 is 27.5 Å². The van der Waals surface area contributed by atoms with Crippen LogP contribution in [-0.2, 0) is 11.2 Å². The standard InChI is InChI=1S/C16H16BrNO3/c17-13-2-1-3-14(10-13)18-16(20)11-21-15-6-4-12(5-7-15)8-9-19/h1-7,10,19H,8-9,11H2,(H,18,20). The molecule has 21 heavy (non-hydrogen) atoms. The molecular formula is C16H16BrNO3. The van der Waals surface area contributed by atoms with E-state index >= 15 is 0 Å². The number of anilines is 1. The Balaban J connectivity index is 1.83. The molecule has 0 radical (unpaired) electrons. The van der Waals surface area contributed by atoms with E-state index in [1.165, 1.54) is 0 Å². The molecule has 2 aromatic carbocycles. The third-order valence-corrected chi connectivity index (χ3v) is 3.30. The van der Waals surface area contributed by atoms with Crippen molar-refractivity contribution in [2.45, 2.75) is 6.42 Å². The molecule has 0 heterocycles. The number of carbonyl (C=O) groups excluding carboxylic acids is 1. The van der Waals surface area contributed by atoms with Crippen molar-refractivity contribution in [2.75, 3.05) is 18.5 Å². The fourth-order valence-electron chi connectivity index (χ4n) is 1.79. The zero-order valence-electron chi connectivity index (χ0n) is 11.4. The van der Waals surface area contributed by atoms with Gasteiger partial charge >= 0.3 is 0 Å². The largest absolute Gasteiger partial charge is 0.484 e. The maximum Gasteiger partial charge on any atom is 0.262 e. The summed E-state index contributed by atoms with van der Waals surface area (Å²) in [6.45, 7) is 0.0705. The van der Waals surface area contributed by atoms with Gasteiger partial charge in [0, 0.05) is 16.8 Å². The van der Waals surface area contributed by atoms with Gasteiger partial charge in [-0.25, -0.2) is 0 Å². The van der Waals surface area contributed by atoms with Gasteiger partial charge in [0.05, 0.1) is 0 Å². The van der Waals surface area contributed by atoms with E-state index in [9.17, 15) is 4.79 Å². The summed E-state index contributed by atoms with van der Waals surface area (Å²) >= 11 is 3.35. The molecule has 0 unspecified atom stereocenters. The van der Waals surface area contributed by atoms with E-state index in [4.69, 9.17) is 9.84 Å². The number of hydrogen-bond acceptors (Lipinski definition) is 3. The van der Waals surface area contributed by atoms with Gasteiger partial charge < -0.3 is 15.2 Å².